The first kappa shape index (κ1) is 8.77. The molecular weight excluding hydrogens is 128 g/mol. The van der Waals surface area contributed by atoms with Gasteiger partial charge in [0.15, 0.2) is 0 Å². The van der Waals surface area contributed by atoms with Gasteiger partial charge in [-0.1, -0.05) is 5.92 Å². The molecule has 0 aromatic heterocycles. The predicted molar refractivity (Wildman–Crippen MR) is 39.2 cm³/mol. The summed E-state index contributed by atoms with van der Waals surface area (Å²) in [5, 5.41) is 0. The van der Waals surface area contributed by atoms with Gasteiger partial charge in [-0.15, -0.1) is 6.42 Å². The Bertz CT molecular complexity index is 184. The zero-order valence-electron chi connectivity index (χ0n) is 6.18. The summed E-state index contributed by atoms with van der Waals surface area (Å²) in [5.74, 6) is 2.12. The number of rotatable bonds is 2. The average Bonchev–Trinajstić information content (AvgIpc) is 1.87. The summed E-state index contributed by atoms with van der Waals surface area (Å²) in [6.07, 6.45) is 6.71. The van der Waals surface area contributed by atoms with E-state index in [1.807, 2.05) is 0 Å². The van der Waals surface area contributed by atoms with Crippen LogP contribution in [-0.4, -0.2) is 12.6 Å². The van der Waals surface area contributed by atoms with Crippen molar-refractivity contribution >= 4 is 5.97 Å². The van der Waals surface area contributed by atoms with E-state index >= 15 is 0 Å². The van der Waals surface area contributed by atoms with Crippen LogP contribution in [0, 0.1) is 12.3 Å². The van der Waals surface area contributed by atoms with Crippen molar-refractivity contribution in [1.82, 2.24) is 0 Å². The number of hydrogen-bond acceptors (Lipinski definition) is 2. The number of hydrogen-bond donors (Lipinski definition) is 0. The molecule has 0 rings (SSSR count). The van der Waals surface area contributed by atoms with Crippen LogP contribution in [-0.2, 0) is 9.53 Å². The van der Waals surface area contributed by atoms with Crippen LogP contribution in [0.1, 0.15) is 13.8 Å². The van der Waals surface area contributed by atoms with Crippen molar-refractivity contribution in [2.75, 3.05) is 6.61 Å². The van der Waals surface area contributed by atoms with Gasteiger partial charge in [0.05, 0.1) is 0 Å². The molecule has 0 aromatic rings. The lowest BCUT2D eigenvalue weighted by Gasteiger charge is -1.94. The van der Waals surface area contributed by atoms with Crippen LogP contribution in [0.4, 0.5) is 0 Å². The molecule has 54 valence electrons. The van der Waals surface area contributed by atoms with Gasteiger partial charge in [0.2, 0.25) is 0 Å². The van der Waals surface area contributed by atoms with Gasteiger partial charge in [-0.05, 0) is 18.6 Å². The number of allylic oxidation sites excluding steroid dienone is 1. The minimum atomic E-state index is -0.291. The Morgan fingerprint density at radius 2 is 2.30 bits per heavy atom. The molecule has 0 amide bonds. The summed E-state index contributed by atoms with van der Waals surface area (Å²) >= 11 is 0. The molecule has 0 fully saturated rings. The van der Waals surface area contributed by atoms with Gasteiger partial charge in [0, 0.05) is 6.92 Å². The van der Waals surface area contributed by atoms with Crippen molar-refractivity contribution in [3.8, 4) is 12.3 Å². The molecule has 2 nitrogen and oxygen atoms in total. The van der Waals surface area contributed by atoms with Gasteiger partial charge in [-0.2, -0.15) is 0 Å². The third-order valence-corrected chi connectivity index (χ3v) is 0.904. The smallest absolute Gasteiger partial charge is 0.302 e. The summed E-state index contributed by atoms with van der Waals surface area (Å²) in [7, 11) is 0. The van der Waals surface area contributed by atoms with Crippen molar-refractivity contribution in [3.05, 3.63) is 11.6 Å². The van der Waals surface area contributed by atoms with E-state index in [0.717, 1.165) is 5.57 Å². The third-order valence-electron chi connectivity index (χ3n) is 0.904. The highest BCUT2D eigenvalue weighted by Crippen LogP contribution is 1.88. The summed E-state index contributed by atoms with van der Waals surface area (Å²) in [5.41, 5.74) is 0.779. The molecular formula is C8H10O2. The molecule has 0 aromatic carbocycles. The van der Waals surface area contributed by atoms with Gasteiger partial charge < -0.3 is 4.74 Å². The Kier molecular flexibility index (Phi) is 4.06. The van der Waals surface area contributed by atoms with Crippen LogP contribution < -0.4 is 0 Å². The zero-order chi connectivity index (χ0) is 7.98. The summed E-state index contributed by atoms with van der Waals surface area (Å²) < 4.78 is 4.60. The second-order valence-corrected chi connectivity index (χ2v) is 1.83. The van der Waals surface area contributed by atoms with Gasteiger partial charge >= 0.3 is 5.97 Å². The molecule has 0 atom stereocenters. The highest BCUT2D eigenvalue weighted by atomic mass is 16.5. The van der Waals surface area contributed by atoms with Gasteiger partial charge in [0.1, 0.15) is 6.61 Å². The molecule has 0 bridgehead atoms. The minimum Gasteiger partial charge on any atom is -0.462 e. The van der Waals surface area contributed by atoms with Crippen LogP contribution in [0.5, 0.6) is 0 Å². The van der Waals surface area contributed by atoms with E-state index in [1.54, 1.807) is 13.0 Å². The number of esters is 1. The maximum absolute atomic E-state index is 10.2. The molecule has 0 aliphatic carbocycles. The molecule has 0 aliphatic heterocycles. The van der Waals surface area contributed by atoms with Crippen molar-refractivity contribution in [2.24, 2.45) is 0 Å². The highest BCUT2D eigenvalue weighted by molar-refractivity contribution is 5.66. The Morgan fingerprint density at radius 3 is 2.70 bits per heavy atom. The van der Waals surface area contributed by atoms with Crippen LogP contribution in [0.25, 0.3) is 0 Å². The lowest BCUT2D eigenvalue weighted by Crippen LogP contribution is -1.97. The number of carbonyl (C=O) groups is 1. The molecule has 0 aliphatic rings. The van der Waals surface area contributed by atoms with E-state index in [4.69, 9.17) is 6.42 Å². The third kappa shape index (κ3) is 4.92. The van der Waals surface area contributed by atoms with Crippen LogP contribution in [0.3, 0.4) is 0 Å². The molecule has 2 heteroatoms. The normalized spacial score (nSPS) is 10.3. The predicted octanol–water partition coefficient (Wildman–Crippen LogP) is 1.13. The Morgan fingerprint density at radius 1 is 1.70 bits per heavy atom. The summed E-state index contributed by atoms with van der Waals surface area (Å²) in [6, 6.07) is 0. The fourth-order valence-corrected chi connectivity index (χ4v) is 0.343. The van der Waals surface area contributed by atoms with Crippen LogP contribution >= 0.6 is 0 Å². The fourth-order valence-electron chi connectivity index (χ4n) is 0.343. The molecule has 0 saturated heterocycles. The standard InChI is InChI=1S/C8H10O2/c1-4-7(2)5-6-10-8(3)9/h1,5H,6H2,2-3H3. The SMILES string of the molecule is C#CC(C)=CCOC(C)=O. The van der Waals surface area contributed by atoms with Gasteiger partial charge in [-0.3, -0.25) is 4.79 Å². The maximum atomic E-state index is 10.2. The molecule has 0 radical (unpaired) electrons. The van der Waals surface area contributed by atoms with Crippen molar-refractivity contribution in [3.63, 3.8) is 0 Å². The monoisotopic (exact) mass is 138 g/mol. The van der Waals surface area contributed by atoms with Gasteiger partial charge in [0.25, 0.3) is 0 Å². The second kappa shape index (κ2) is 4.63. The Hall–Kier alpha value is -1.23. The van der Waals surface area contributed by atoms with E-state index in [2.05, 4.69) is 10.7 Å². The minimum absolute atomic E-state index is 0.269. The average molecular weight is 138 g/mol. The quantitative estimate of drug-likeness (QED) is 0.422. The zero-order valence-corrected chi connectivity index (χ0v) is 6.18. The molecule has 0 saturated carbocycles. The first-order valence-corrected chi connectivity index (χ1v) is 2.93. The molecule has 0 unspecified atom stereocenters. The maximum Gasteiger partial charge on any atom is 0.302 e. The molecule has 0 spiro atoms. The number of carbonyl (C=O) groups excluding carboxylic acids is 1. The topological polar surface area (TPSA) is 26.3 Å². The number of ether oxygens (including phenoxy) is 1. The number of terminal acetylenes is 1. The Labute approximate surface area is 60.9 Å². The van der Waals surface area contributed by atoms with E-state index in [0.29, 0.717) is 0 Å². The lowest BCUT2D eigenvalue weighted by atomic mass is 10.3. The summed E-state index contributed by atoms with van der Waals surface area (Å²) in [6.45, 7) is 3.41. The summed E-state index contributed by atoms with van der Waals surface area (Å²) in [4.78, 5) is 10.2. The van der Waals surface area contributed by atoms with Crippen molar-refractivity contribution in [2.45, 2.75) is 13.8 Å². The Balaban J connectivity index is 3.56. The van der Waals surface area contributed by atoms with Crippen LogP contribution in [0.2, 0.25) is 0 Å². The molecule has 0 heterocycles. The van der Waals surface area contributed by atoms with Crippen LogP contribution in [0.15, 0.2) is 11.6 Å². The van der Waals surface area contributed by atoms with Crippen molar-refractivity contribution < 1.29 is 9.53 Å². The first-order chi connectivity index (χ1) is 4.66. The van der Waals surface area contributed by atoms with E-state index < -0.39 is 0 Å². The van der Waals surface area contributed by atoms with Crippen molar-refractivity contribution in [1.29, 1.82) is 0 Å². The lowest BCUT2D eigenvalue weighted by molar-refractivity contribution is -0.139. The van der Waals surface area contributed by atoms with Gasteiger partial charge in [-0.25, -0.2) is 0 Å². The van der Waals surface area contributed by atoms with E-state index in [-0.39, 0.29) is 12.6 Å². The highest BCUT2D eigenvalue weighted by Gasteiger charge is 1.87. The fraction of sp³-hybridized carbons (Fsp3) is 0.375. The second-order valence-electron chi connectivity index (χ2n) is 1.83. The molecule has 10 heavy (non-hydrogen) atoms. The van der Waals surface area contributed by atoms with E-state index in [1.165, 1.54) is 6.92 Å². The first-order valence-electron chi connectivity index (χ1n) is 2.93. The van der Waals surface area contributed by atoms with E-state index in [9.17, 15) is 4.79 Å². The molecule has 0 N–H and O–H groups in total. The largest absolute Gasteiger partial charge is 0.462 e.